The van der Waals surface area contributed by atoms with Crippen molar-refractivity contribution in [2.45, 2.75) is 13.1 Å². The number of hydrogen-bond acceptors (Lipinski definition) is 2. The molecule has 2 rings (SSSR count). The smallest absolute Gasteiger partial charge is 0.295 e. The zero-order valence-corrected chi connectivity index (χ0v) is 10.3. The van der Waals surface area contributed by atoms with Gasteiger partial charge in [0.1, 0.15) is 5.82 Å². The minimum atomic E-state index is -4.53. The zero-order valence-electron chi connectivity index (χ0n) is 10.3. The van der Waals surface area contributed by atoms with Crippen molar-refractivity contribution in [2.24, 2.45) is 0 Å². The van der Waals surface area contributed by atoms with Crippen molar-refractivity contribution >= 4 is 5.78 Å². The largest absolute Gasteiger partial charge is 0.417 e. The van der Waals surface area contributed by atoms with E-state index in [4.69, 9.17) is 0 Å². The number of alkyl halides is 3. The predicted molar refractivity (Wildman–Crippen MR) is 64.6 cm³/mol. The topological polar surface area (TPSA) is 30.0 Å². The monoisotopic (exact) mass is 283 g/mol. The van der Waals surface area contributed by atoms with Crippen LogP contribution in [0.5, 0.6) is 0 Å². The number of Topliss-reactive ketones (excluding diaryl/α,β-unsaturated/α-hetero) is 1. The average Bonchev–Trinajstić information content (AvgIpc) is 2.37. The van der Waals surface area contributed by atoms with Gasteiger partial charge in [0.05, 0.1) is 5.56 Å². The highest BCUT2D eigenvalue weighted by molar-refractivity contribution is 5.95. The summed E-state index contributed by atoms with van der Waals surface area (Å²) in [7, 11) is 0. The molecule has 0 amide bonds. The van der Waals surface area contributed by atoms with E-state index in [1.807, 2.05) is 0 Å². The Balaban J connectivity index is 2.54. The predicted octanol–water partition coefficient (Wildman–Crippen LogP) is 4.11. The minimum absolute atomic E-state index is 0.0948. The van der Waals surface area contributed by atoms with Gasteiger partial charge in [0.15, 0.2) is 5.78 Å². The third-order valence-corrected chi connectivity index (χ3v) is 2.70. The molecule has 0 aliphatic rings. The average molecular weight is 283 g/mol. The van der Waals surface area contributed by atoms with E-state index in [1.54, 1.807) is 0 Å². The molecule has 0 N–H and O–H groups in total. The van der Waals surface area contributed by atoms with E-state index in [0.717, 1.165) is 18.2 Å². The van der Waals surface area contributed by atoms with Crippen molar-refractivity contribution in [3.8, 4) is 11.1 Å². The normalized spacial score (nSPS) is 11.4. The van der Waals surface area contributed by atoms with E-state index in [2.05, 4.69) is 4.98 Å². The lowest BCUT2D eigenvalue weighted by Gasteiger charge is -2.09. The maximum absolute atomic E-state index is 13.4. The van der Waals surface area contributed by atoms with Crippen LogP contribution < -0.4 is 0 Å². The number of halogens is 4. The van der Waals surface area contributed by atoms with Crippen molar-refractivity contribution in [1.82, 2.24) is 4.98 Å². The lowest BCUT2D eigenvalue weighted by molar-refractivity contribution is -0.137. The van der Waals surface area contributed by atoms with Gasteiger partial charge in [-0.15, -0.1) is 0 Å². The number of nitrogens with zero attached hydrogens (tertiary/aromatic N) is 1. The molecule has 2 aromatic rings. The molecule has 104 valence electrons. The second kappa shape index (κ2) is 5.03. The summed E-state index contributed by atoms with van der Waals surface area (Å²) in [6.45, 7) is 1.25. The van der Waals surface area contributed by atoms with Gasteiger partial charge in [0.25, 0.3) is 0 Å². The highest BCUT2D eigenvalue weighted by atomic mass is 19.4. The summed E-state index contributed by atoms with van der Waals surface area (Å²) in [6.07, 6.45) is -2.65. The number of ketones is 1. The lowest BCUT2D eigenvalue weighted by atomic mass is 10.0. The van der Waals surface area contributed by atoms with E-state index in [9.17, 15) is 22.4 Å². The molecule has 20 heavy (non-hydrogen) atoms. The van der Waals surface area contributed by atoms with Gasteiger partial charge in [0, 0.05) is 23.5 Å². The van der Waals surface area contributed by atoms with Crippen molar-refractivity contribution in [1.29, 1.82) is 0 Å². The molecule has 2 nitrogen and oxygen atoms in total. The fourth-order valence-corrected chi connectivity index (χ4v) is 1.71. The van der Waals surface area contributed by atoms with E-state index in [-0.39, 0.29) is 22.5 Å². The fraction of sp³-hybridized carbons (Fsp3) is 0.143. The number of carbonyl (C=O) groups is 1. The van der Waals surface area contributed by atoms with Crippen LogP contribution in [0.15, 0.2) is 36.7 Å². The third kappa shape index (κ3) is 3.01. The molecule has 0 aliphatic heterocycles. The Morgan fingerprint density at radius 2 is 1.75 bits per heavy atom. The summed E-state index contributed by atoms with van der Waals surface area (Å²) in [5.74, 6) is -1.06. The SMILES string of the molecule is CC(=O)c1cc(F)cc(-c2cncc(C(F)(F)F)c2)c1. The summed E-state index contributed by atoms with van der Waals surface area (Å²) in [5.41, 5.74) is -0.559. The van der Waals surface area contributed by atoms with Crippen LogP contribution in [-0.2, 0) is 6.18 Å². The van der Waals surface area contributed by atoms with Crippen molar-refractivity contribution in [2.75, 3.05) is 0 Å². The van der Waals surface area contributed by atoms with Gasteiger partial charge < -0.3 is 0 Å². The molecule has 0 saturated heterocycles. The summed E-state index contributed by atoms with van der Waals surface area (Å²) >= 11 is 0. The van der Waals surface area contributed by atoms with Gasteiger partial charge in [0.2, 0.25) is 0 Å². The Morgan fingerprint density at radius 1 is 1.05 bits per heavy atom. The number of hydrogen-bond donors (Lipinski definition) is 0. The first-order valence-electron chi connectivity index (χ1n) is 5.61. The van der Waals surface area contributed by atoms with Gasteiger partial charge in [-0.3, -0.25) is 9.78 Å². The van der Waals surface area contributed by atoms with E-state index >= 15 is 0 Å². The lowest BCUT2D eigenvalue weighted by Crippen LogP contribution is -2.05. The molecule has 0 unspecified atom stereocenters. The molecule has 0 spiro atoms. The van der Waals surface area contributed by atoms with Crippen LogP contribution in [0.3, 0.4) is 0 Å². The quantitative estimate of drug-likeness (QED) is 0.613. The van der Waals surface area contributed by atoms with Gasteiger partial charge in [-0.1, -0.05) is 0 Å². The van der Waals surface area contributed by atoms with Crippen molar-refractivity contribution < 1.29 is 22.4 Å². The van der Waals surface area contributed by atoms with Crippen LogP contribution >= 0.6 is 0 Å². The molecule has 0 saturated carbocycles. The first-order chi connectivity index (χ1) is 9.27. The van der Waals surface area contributed by atoms with Gasteiger partial charge in [-0.25, -0.2) is 4.39 Å². The van der Waals surface area contributed by atoms with Crippen LogP contribution in [0.1, 0.15) is 22.8 Å². The number of carbonyl (C=O) groups excluding carboxylic acids is 1. The Bertz CT molecular complexity index is 664. The number of pyridine rings is 1. The number of benzene rings is 1. The summed E-state index contributed by atoms with van der Waals surface area (Å²) in [5, 5.41) is 0. The molecule has 0 fully saturated rings. The molecule has 1 aromatic carbocycles. The van der Waals surface area contributed by atoms with E-state index in [1.165, 1.54) is 19.2 Å². The van der Waals surface area contributed by atoms with Crippen molar-refractivity contribution in [3.63, 3.8) is 0 Å². The Labute approximate surface area is 112 Å². The van der Waals surface area contributed by atoms with Crippen LogP contribution in [0, 0.1) is 5.82 Å². The molecule has 0 atom stereocenters. The highest BCUT2D eigenvalue weighted by Gasteiger charge is 2.31. The molecule has 1 aromatic heterocycles. The molecule has 0 bridgehead atoms. The minimum Gasteiger partial charge on any atom is -0.295 e. The molecular formula is C14H9F4NO. The van der Waals surface area contributed by atoms with Crippen LogP contribution in [0.4, 0.5) is 17.6 Å². The maximum Gasteiger partial charge on any atom is 0.417 e. The van der Waals surface area contributed by atoms with E-state index < -0.39 is 17.6 Å². The third-order valence-electron chi connectivity index (χ3n) is 2.70. The second-order valence-electron chi connectivity index (χ2n) is 4.24. The highest BCUT2D eigenvalue weighted by Crippen LogP contribution is 2.31. The first kappa shape index (κ1) is 14.2. The van der Waals surface area contributed by atoms with Crippen LogP contribution in [0.2, 0.25) is 0 Å². The van der Waals surface area contributed by atoms with Crippen molar-refractivity contribution in [3.05, 3.63) is 53.6 Å². The van der Waals surface area contributed by atoms with Gasteiger partial charge in [-0.05, 0) is 36.8 Å². The molecule has 0 radical (unpaired) electrons. The molecule has 6 heteroatoms. The fourth-order valence-electron chi connectivity index (χ4n) is 1.71. The van der Waals surface area contributed by atoms with Gasteiger partial charge in [-0.2, -0.15) is 13.2 Å². The van der Waals surface area contributed by atoms with E-state index in [0.29, 0.717) is 6.20 Å². The number of rotatable bonds is 2. The molecule has 0 aliphatic carbocycles. The number of aromatic nitrogens is 1. The summed E-state index contributed by atoms with van der Waals surface area (Å²) in [6, 6.07) is 4.30. The second-order valence-corrected chi connectivity index (χ2v) is 4.24. The standard InChI is InChI=1S/C14H9F4NO/c1-8(20)9-2-10(5-13(15)4-9)11-3-12(7-19-6-11)14(16,17)18/h2-7H,1H3. The summed E-state index contributed by atoms with van der Waals surface area (Å²) in [4.78, 5) is 14.7. The molecular weight excluding hydrogens is 274 g/mol. The Kier molecular flexibility index (Phi) is 3.57. The summed E-state index contributed by atoms with van der Waals surface area (Å²) < 4.78 is 51.2. The zero-order chi connectivity index (χ0) is 14.9. The maximum atomic E-state index is 13.4. The Hall–Kier alpha value is -2.24. The van der Waals surface area contributed by atoms with Gasteiger partial charge >= 0.3 is 6.18 Å². The van der Waals surface area contributed by atoms with Crippen LogP contribution in [-0.4, -0.2) is 10.8 Å². The first-order valence-corrected chi connectivity index (χ1v) is 5.61. The van der Waals surface area contributed by atoms with Crippen LogP contribution in [0.25, 0.3) is 11.1 Å². The molecule has 1 heterocycles. The Morgan fingerprint density at radius 3 is 2.35 bits per heavy atom.